The zero-order valence-electron chi connectivity index (χ0n) is 12.1. The van der Waals surface area contributed by atoms with Gasteiger partial charge in [0.05, 0.1) is 11.8 Å². The van der Waals surface area contributed by atoms with Crippen LogP contribution in [0.25, 0.3) is 0 Å². The van der Waals surface area contributed by atoms with Gasteiger partial charge in [0, 0.05) is 30.7 Å². The highest BCUT2D eigenvalue weighted by molar-refractivity contribution is 6.05. The fourth-order valence-corrected chi connectivity index (χ4v) is 2.47. The molecule has 0 atom stereocenters. The SMILES string of the molecule is Cc1c(C(=O)Nc2ccc3c(c2)CCCN3)cnn1C.Cl. The van der Waals surface area contributed by atoms with Crippen LogP contribution in [0.15, 0.2) is 24.4 Å². The largest absolute Gasteiger partial charge is 0.385 e. The number of nitrogens with one attached hydrogen (secondary N) is 2. The molecule has 0 unspecified atom stereocenters. The molecule has 0 spiro atoms. The maximum atomic E-state index is 12.2. The molecule has 1 aromatic heterocycles. The van der Waals surface area contributed by atoms with E-state index in [1.54, 1.807) is 10.9 Å². The van der Waals surface area contributed by atoms with E-state index in [9.17, 15) is 4.79 Å². The Kier molecular flexibility index (Phi) is 4.53. The first-order valence-corrected chi connectivity index (χ1v) is 6.82. The zero-order chi connectivity index (χ0) is 14.1. The number of carbonyl (C=O) groups is 1. The second-order valence-corrected chi connectivity index (χ2v) is 5.12. The lowest BCUT2D eigenvalue weighted by atomic mass is 10.0. The molecule has 0 fully saturated rings. The van der Waals surface area contributed by atoms with Crippen LogP contribution in [-0.4, -0.2) is 22.2 Å². The van der Waals surface area contributed by atoms with Gasteiger partial charge >= 0.3 is 0 Å². The molecule has 0 aliphatic carbocycles. The van der Waals surface area contributed by atoms with Gasteiger partial charge in [-0.05, 0) is 43.5 Å². The van der Waals surface area contributed by atoms with E-state index < -0.39 is 0 Å². The lowest BCUT2D eigenvalue weighted by Crippen LogP contribution is -2.15. The first-order valence-electron chi connectivity index (χ1n) is 6.82. The predicted octanol–water partition coefficient (Wildman–Crippen LogP) is 2.76. The van der Waals surface area contributed by atoms with Gasteiger partial charge in [0.1, 0.15) is 0 Å². The Morgan fingerprint density at radius 3 is 2.95 bits per heavy atom. The number of hydrogen-bond donors (Lipinski definition) is 2. The van der Waals surface area contributed by atoms with Crippen molar-refractivity contribution in [2.75, 3.05) is 17.2 Å². The number of benzene rings is 1. The molecule has 1 aliphatic heterocycles. The van der Waals surface area contributed by atoms with Gasteiger partial charge in [-0.2, -0.15) is 5.10 Å². The summed E-state index contributed by atoms with van der Waals surface area (Å²) in [7, 11) is 1.83. The van der Waals surface area contributed by atoms with E-state index in [0.29, 0.717) is 5.56 Å². The molecule has 1 aliphatic rings. The smallest absolute Gasteiger partial charge is 0.259 e. The lowest BCUT2D eigenvalue weighted by molar-refractivity contribution is 0.102. The maximum Gasteiger partial charge on any atom is 0.259 e. The highest BCUT2D eigenvalue weighted by atomic mass is 35.5. The standard InChI is InChI=1S/C15H18N4O.ClH/c1-10-13(9-17-19(10)2)15(20)18-12-5-6-14-11(8-12)4-3-7-16-14;/h5-6,8-9,16H,3-4,7H2,1-2H3,(H,18,20);1H. The van der Waals surface area contributed by atoms with Crippen molar-refractivity contribution in [3.8, 4) is 0 Å². The molecule has 21 heavy (non-hydrogen) atoms. The molecular weight excluding hydrogens is 288 g/mol. The minimum Gasteiger partial charge on any atom is -0.385 e. The monoisotopic (exact) mass is 306 g/mol. The van der Waals surface area contributed by atoms with Gasteiger partial charge < -0.3 is 10.6 Å². The first kappa shape index (κ1) is 15.4. The molecule has 1 amide bonds. The summed E-state index contributed by atoms with van der Waals surface area (Å²) in [5.41, 5.74) is 4.75. The Labute approximate surface area is 130 Å². The van der Waals surface area contributed by atoms with Crippen LogP contribution in [0.3, 0.4) is 0 Å². The molecule has 1 aromatic carbocycles. The third-order valence-corrected chi connectivity index (χ3v) is 3.78. The van der Waals surface area contributed by atoms with Crippen molar-refractivity contribution in [1.29, 1.82) is 0 Å². The van der Waals surface area contributed by atoms with Crippen molar-refractivity contribution < 1.29 is 4.79 Å². The molecular formula is C15H19ClN4O. The molecule has 2 N–H and O–H groups in total. The fraction of sp³-hybridized carbons (Fsp3) is 0.333. The molecule has 0 radical (unpaired) electrons. The number of rotatable bonds is 2. The van der Waals surface area contributed by atoms with Gasteiger partial charge in [0.2, 0.25) is 0 Å². The minimum atomic E-state index is -0.112. The van der Waals surface area contributed by atoms with Crippen molar-refractivity contribution in [2.45, 2.75) is 19.8 Å². The molecule has 0 saturated heterocycles. The topological polar surface area (TPSA) is 59.0 Å². The quantitative estimate of drug-likeness (QED) is 0.897. The number of aromatic nitrogens is 2. The number of halogens is 1. The molecule has 5 nitrogen and oxygen atoms in total. The van der Waals surface area contributed by atoms with Gasteiger partial charge in [-0.1, -0.05) is 0 Å². The van der Waals surface area contributed by atoms with Gasteiger partial charge in [0.15, 0.2) is 0 Å². The van der Waals surface area contributed by atoms with E-state index >= 15 is 0 Å². The van der Waals surface area contributed by atoms with Crippen molar-refractivity contribution in [1.82, 2.24) is 9.78 Å². The van der Waals surface area contributed by atoms with Crippen molar-refractivity contribution >= 4 is 29.7 Å². The summed E-state index contributed by atoms with van der Waals surface area (Å²) < 4.78 is 1.70. The van der Waals surface area contributed by atoms with Crippen LogP contribution in [0.2, 0.25) is 0 Å². The summed E-state index contributed by atoms with van der Waals surface area (Å²) in [6, 6.07) is 6.01. The van der Waals surface area contributed by atoms with Crippen LogP contribution in [0.5, 0.6) is 0 Å². The van der Waals surface area contributed by atoms with E-state index in [4.69, 9.17) is 0 Å². The van der Waals surface area contributed by atoms with Gasteiger partial charge in [-0.25, -0.2) is 0 Å². The van der Waals surface area contributed by atoms with Gasteiger partial charge in [-0.3, -0.25) is 9.48 Å². The number of amides is 1. The third-order valence-electron chi connectivity index (χ3n) is 3.78. The Morgan fingerprint density at radius 1 is 1.43 bits per heavy atom. The van der Waals surface area contributed by atoms with Gasteiger partial charge in [-0.15, -0.1) is 12.4 Å². The van der Waals surface area contributed by atoms with E-state index in [1.165, 1.54) is 11.3 Å². The Morgan fingerprint density at radius 2 is 2.24 bits per heavy atom. The van der Waals surface area contributed by atoms with Crippen LogP contribution in [0.1, 0.15) is 28.0 Å². The summed E-state index contributed by atoms with van der Waals surface area (Å²) >= 11 is 0. The highest BCUT2D eigenvalue weighted by Crippen LogP contribution is 2.25. The molecule has 112 valence electrons. The number of anilines is 2. The number of aryl methyl sites for hydroxylation is 2. The number of hydrogen-bond acceptors (Lipinski definition) is 3. The molecule has 0 saturated carbocycles. The van der Waals surface area contributed by atoms with Crippen LogP contribution >= 0.6 is 12.4 Å². The average molecular weight is 307 g/mol. The van der Waals surface area contributed by atoms with E-state index in [-0.39, 0.29) is 18.3 Å². The van der Waals surface area contributed by atoms with Crippen molar-refractivity contribution in [2.24, 2.45) is 7.05 Å². The number of fused-ring (bicyclic) bond motifs is 1. The summed E-state index contributed by atoms with van der Waals surface area (Å²) in [4.78, 5) is 12.2. The molecule has 2 aromatic rings. The predicted molar refractivity (Wildman–Crippen MR) is 86.4 cm³/mol. The summed E-state index contributed by atoms with van der Waals surface area (Å²) in [5.74, 6) is -0.112. The molecule has 0 bridgehead atoms. The van der Waals surface area contributed by atoms with Crippen LogP contribution < -0.4 is 10.6 Å². The normalized spacial score (nSPS) is 12.9. The summed E-state index contributed by atoms with van der Waals surface area (Å²) in [6.45, 7) is 2.91. The second-order valence-electron chi connectivity index (χ2n) is 5.12. The average Bonchev–Trinajstić information content (AvgIpc) is 2.79. The zero-order valence-corrected chi connectivity index (χ0v) is 13.0. The molecule has 2 heterocycles. The van der Waals surface area contributed by atoms with Crippen LogP contribution in [0.4, 0.5) is 11.4 Å². The first-order chi connectivity index (χ1) is 9.65. The number of carbonyl (C=O) groups excluding carboxylic acids is 1. The van der Waals surface area contributed by atoms with E-state index in [1.807, 2.05) is 32.2 Å². The Bertz CT molecular complexity index is 666. The molecule has 6 heteroatoms. The van der Waals surface area contributed by atoms with E-state index in [0.717, 1.165) is 30.8 Å². The second kappa shape index (κ2) is 6.18. The fourth-order valence-electron chi connectivity index (χ4n) is 2.47. The maximum absolute atomic E-state index is 12.2. The van der Waals surface area contributed by atoms with Crippen molar-refractivity contribution in [3.05, 3.63) is 41.2 Å². The Hall–Kier alpha value is -2.01. The van der Waals surface area contributed by atoms with Crippen LogP contribution in [-0.2, 0) is 13.5 Å². The van der Waals surface area contributed by atoms with E-state index in [2.05, 4.69) is 15.7 Å². The lowest BCUT2D eigenvalue weighted by Gasteiger charge is -2.18. The van der Waals surface area contributed by atoms with Crippen molar-refractivity contribution in [3.63, 3.8) is 0 Å². The Balaban J connectivity index is 0.00000161. The van der Waals surface area contributed by atoms with Gasteiger partial charge in [0.25, 0.3) is 5.91 Å². The number of nitrogens with zero attached hydrogens (tertiary/aromatic N) is 2. The molecule has 3 rings (SSSR count). The summed E-state index contributed by atoms with van der Waals surface area (Å²) in [6.07, 6.45) is 3.79. The van der Waals surface area contributed by atoms with Crippen LogP contribution in [0, 0.1) is 6.92 Å². The highest BCUT2D eigenvalue weighted by Gasteiger charge is 2.14. The summed E-state index contributed by atoms with van der Waals surface area (Å²) in [5, 5.41) is 10.4. The third kappa shape index (κ3) is 3.03. The minimum absolute atomic E-state index is 0.